The number of unbranched alkanes of at least 4 members (excludes halogenated alkanes) is 1. The predicted molar refractivity (Wildman–Crippen MR) is 144 cm³/mol. The zero-order valence-corrected chi connectivity index (χ0v) is 22.4. The van der Waals surface area contributed by atoms with Gasteiger partial charge in [-0.3, -0.25) is 9.69 Å². The number of carbonyl (C=O) groups is 1. The van der Waals surface area contributed by atoms with Crippen LogP contribution < -0.4 is 5.32 Å². The third-order valence-electron chi connectivity index (χ3n) is 8.27. The molecule has 5 rings (SSSR count). The monoisotopic (exact) mass is 543 g/mol. The second-order valence-electron chi connectivity index (χ2n) is 11.0. The number of rotatable bonds is 12. The molecule has 212 valence electrons. The van der Waals surface area contributed by atoms with Crippen LogP contribution in [-0.2, 0) is 33.7 Å². The van der Waals surface area contributed by atoms with Gasteiger partial charge in [0, 0.05) is 37.7 Å². The summed E-state index contributed by atoms with van der Waals surface area (Å²) in [4.78, 5) is 18.8. The molecule has 7 nitrogen and oxygen atoms in total. The van der Waals surface area contributed by atoms with Crippen molar-refractivity contribution in [2.45, 2.75) is 76.0 Å². The average molecular weight is 544 g/mol. The third kappa shape index (κ3) is 6.94. The fourth-order valence-electron chi connectivity index (χ4n) is 6.02. The Morgan fingerprint density at radius 3 is 2.92 bits per heavy atom. The minimum absolute atomic E-state index is 0.00381. The molecule has 3 aliphatic heterocycles. The molecule has 2 N–H and O–H groups in total. The van der Waals surface area contributed by atoms with Crippen LogP contribution in [0.5, 0.6) is 0 Å². The van der Waals surface area contributed by atoms with E-state index in [4.69, 9.17) is 9.47 Å². The summed E-state index contributed by atoms with van der Waals surface area (Å²) in [6.07, 6.45) is 4.76. The molecule has 0 aliphatic carbocycles. The molecule has 1 unspecified atom stereocenters. The van der Waals surface area contributed by atoms with Crippen LogP contribution in [0.2, 0.25) is 0 Å². The van der Waals surface area contributed by atoms with E-state index in [1.165, 1.54) is 5.56 Å². The van der Waals surface area contributed by atoms with E-state index in [1.807, 2.05) is 18.2 Å². The molecule has 2 fully saturated rings. The number of nitrogens with zero attached hydrogens (tertiary/aromatic N) is 2. The van der Waals surface area contributed by atoms with Crippen molar-refractivity contribution in [1.82, 2.24) is 9.88 Å². The number of ether oxygens (including phenoxy) is 2. The Kier molecular flexibility index (Phi) is 9.10. The van der Waals surface area contributed by atoms with Gasteiger partial charge in [-0.05, 0) is 74.2 Å². The highest BCUT2D eigenvalue weighted by atomic mass is 19.3. The van der Waals surface area contributed by atoms with Crippen LogP contribution in [0.15, 0.2) is 36.4 Å². The lowest BCUT2D eigenvalue weighted by Crippen LogP contribution is -2.36. The molecule has 39 heavy (non-hydrogen) atoms. The van der Waals surface area contributed by atoms with Gasteiger partial charge in [-0.2, -0.15) is 0 Å². The summed E-state index contributed by atoms with van der Waals surface area (Å²) >= 11 is 0. The number of aryl methyl sites for hydroxylation is 2. The number of carboxylic acids is 1. The quantitative estimate of drug-likeness (QED) is 0.354. The molecular weight excluding hydrogens is 504 g/mol. The molecule has 0 radical (unpaired) electrons. The Balaban J connectivity index is 1.15. The highest BCUT2D eigenvalue weighted by Gasteiger charge is 2.45. The van der Waals surface area contributed by atoms with Gasteiger partial charge in [-0.25, -0.2) is 13.8 Å². The second kappa shape index (κ2) is 12.7. The molecule has 0 bridgehead atoms. The topological polar surface area (TPSA) is 83.9 Å². The average Bonchev–Trinajstić information content (AvgIpc) is 3.64. The first kappa shape index (κ1) is 27.9. The fraction of sp³-hybridized carbons (Fsp3) is 0.600. The van der Waals surface area contributed by atoms with Crippen LogP contribution in [0.25, 0.3) is 0 Å². The number of pyridine rings is 1. The first-order valence-electron chi connectivity index (χ1n) is 14.3. The van der Waals surface area contributed by atoms with Crippen molar-refractivity contribution in [3.8, 4) is 0 Å². The summed E-state index contributed by atoms with van der Waals surface area (Å²) in [6, 6.07) is 10.4. The van der Waals surface area contributed by atoms with Crippen molar-refractivity contribution in [2.75, 3.05) is 38.2 Å². The number of nitrogens with one attached hydrogen (secondary N) is 1. The summed E-state index contributed by atoms with van der Waals surface area (Å²) in [5, 5.41) is 13.5. The number of aliphatic carboxylic acids is 1. The molecule has 3 atom stereocenters. The second-order valence-corrected chi connectivity index (χ2v) is 11.0. The number of fused-ring (bicyclic) bond motifs is 1. The molecular formula is C30H39F2N3O4. The van der Waals surface area contributed by atoms with E-state index in [-0.39, 0.29) is 32.1 Å². The number of hydrogen-bond donors (Lipinski definition) is 2. The van der Waals surface area contributed by atoms with E-state index in [0.717, 1.165) is 42.9 Å². The molecule has 0 amide bonds. The number of halogens is 2. The van der Waals surface area contributed by atoms with E-state index in [9.17, 15) is 9.90 Å². The Bertz CT molecular complexity index is 1130. The van der Waals surface area contributed by atoms with Crippen LogP contribution in [0.4, 0.5) is 14.6 Å². The van der Waals surface area contributed by atoms with E-state index in [2.05, 4.69) is 16.4 Å². The molecule has 9 heteroatoms. The summed E-state index contributed by atoms with van der Waals surface area (Å²) in [5.41, 5.74) is 3.55. The van der Waals surface area contributed by atoms with Crippen LogP contribution in [0, 0.1) is 5.92 Å². The highest BCUT2D eigenvalue weighted by Crippen LogP contribution is 2.40. The van der Waals surface area contributed by atoms with Crippen molar-refractivity contribution in [2.24, 2.45) is 5.92 Å². The van der Waals surface area contributed by atoms with Gasteiger partial charge >= 0.3 is 5.97 Å². The molecule has 2 aromatic rings. The number of alkyl halides is 2. The Morgan fingerprint density at radius 1 is 1.23 bits per heavy atom. The normalized spacial score (nSPS) is 22.4. The SMILES string of the molecule is O=C(O)C(c1ccccc1CO[C@@H]1CCOC1)N1CC[C@@H](C(F)(F)CCCCc2ccc3c(n2)NCCC3)C1. The third-order valence-corrected chi connectivity index (χ3v) is 8.27. The van der Waals surface area contributed by atoms with Crippen molar-refractivity contribution >= 4 is 11.8 Å². The van der Waals surface area contributed by atoms with Crippen LogP contribution >= 0.6 is 0 Å². The fourth-order valence-corrected chi connectivity index (χ4v) is 6.02. The number of likely N-dealkylation sites (tertiary alicyclic amines) is 1. The molecule has 1 aromatic carbocycles. The Labute approximate surface area is 228 Å². The molecule has 0 spiro atoms. The predicted octanol–water partition coefficient (Wildman–Crippen LogP) is 5.24. The van der Waals surface area contributed by atoms with Gasteiger partial charge in [0.25, 0.3) is 5.92 Å². The number of benzene rings is 1. The number of carboxylic acid groups (broad SMARTS) is 1. The van der Waals surface area contributed by atoms with Gasteiger partial charge in [0.2, 0.25) is 0 Å². The van der Waals surface area contributed by atoms with Gasteiger partial charge in [-0.1, -0.05) is 30.3 Å². The maximum absolute atomic E-state index is 15.3. The van der Waals surface area contributed by atoms with Crippen LogP contribution in [-0.4, -0.2) is 65.8 Å². The first-order valence-corrected chi connectivity index (χ1v) is 14.3. The van der Waals surface area contributed by atoms with Gasteiger partial charge < -0.3 is 19.9 Å². The standard InChI is InChI=1S/C30H39F2N3O4/c31-30(32,14-4-3-8-24-11-10-21-7-5-15-33-28(21)34-24)23-12-16-35(18-23)27(29(36)37)26-9-2-1-6-22(26)19-39-25-13-17-38-20-25/h1-2,6,9-11,23,25,27H,3-5,7-8,12-20H2,(H,33,34)(H,36,37)/t23-,25-,27?/m1/s1. The Morgan fingerprint density at radius 2 is 2.10 bits per heavy atom. The summed E-state index contributed by atoms with van der Waals surface area (Å²) in [7, 11) is 0. The molecule has 4 heterocycles. The van der Waals surface area contributed by atoms with Crippen molar-refractivity contribution in [3.05, 3.63) is 58.8 Å². The number of aromatic nitrogens is 1. The maximum Gasteiger partial charge on any atom is 0.325 e. The zero-order valence-electron chi connectivity index (χ0n) is 22.4. The first-order chi connectivity index (χ1) is 18.9. The minimum Gasteiger partial charge on any atom is -0.480 e. The molecule has 3 aliphatic rings. The summed E-state index contributed by atoms with van der Waals surface area (Å²) in [6.45, 7) is 2.79. The van der Waals surface area contributed by atoms with Crippen molar-refractivity contribution in [3.63, 3.8) is 0 Å². The van der Waals surface area contributed by atoms with Crippen LogP contribution in [0.3, 0.4) is 0 Å². The zero-order chi connectivity index (χ0) is 27.2. The lowest BCUT2D eigenvalue weighted by molar-refractivity contribution is -0.143. The highest BCUT2D eigenvalue weighted by molar-refractivity contribution is 5.76. The largest absolute Gasteiger partial charge is 0.480 e. The molecule has 2 saturated heterocycles. The van der Waals surface area contributed by atoms with Crippen LogP contribution in [0.1, 0.15) is 67.0 Å². The number of hydrogen-bond acceptors (Lipinski definition) is 6. The smallest absolute Gasteiger partial charge is 0.325 e. The summed E-state index contributed by atoms with van der Waals surface area (Å²) in [5.74, 6) is -3.79. The van der Waals surface area contributed by atoms with Gasteiger partial charge in [0.05, 0.1) is 19.3 Å². The Hall–Kier alpha value is -2.62. The lowest BCUT2D eigenvalue weighted by atomic mass is 9.94. The van der Waals surface area contributed by atoms with E-state index < -0.39 is 23.9 Å². The van der Waals surface area contributed by atoms with E-state index in [1.54, 1.807) is 17.0 Å². The maximum atomic E-state index is 15.3. The van der Waals surface area contributed by atoms with Gasteiger partial charge in [-0.15, -0.1) is 0 Å². The summed E-state index contributed by atoms with van der Waals surface area (Å²) < 4.78 is 41.8. The molecule has 0 saturated carbocycles. The van der Waals surface area contributed by atoms with Gasteiger partial charge in [0.1, 0.15) is 11.9 Å². The minimum atomic E-state index is -2.84. The van der Waals surface area contributed by atoms with E-state index >= 15 is 8.78 Å². The lowest BCUT2D eigenvalue weighted by Gasteiger charge is -2.28. The van der Waals surface area contributed by atoms with E-state index in [0.29, 0.717) is 44.6 Å². The van der Waals surface area contributed by atoms with Crippen molar-refractivity contribution < 1.29 is 28.2 Å². The van der Waals surface area contributed by atoms with Gasteiger partial charge in [0.15, 0.2) is 0 Å². The molecule has 1 aromatic heterocycles. The van der Waals surface area contributed by atoms with Crippen molar-refractivity contribution in [1.29, 1.82) is 0 Å². The number of anilines is 1.